The van der Waals surface area contributed by atoms with Gasteiger partial charge in [0.2, 0.25) is 0 Å². The van der Waals surface area contributed by atoms with Crippen LogP contribution in [-0.2, 0) is 4.57 Å². The summed E-state index contributed by atoms with van der Waals surface area (Å²) in [5.74, 6) is 0. The number of hydrogen-bond donors (Lipinski definition) is 0. The summed E-state index contributed by atoms with van der Waals surface area (Å²) in [6, 6.07) is 0. The van der Waals surface area contributed by atoms with E-state index in [1.54, 1.807) is 0 Å². The first kappa shape index (κ1) is 15.9. The van der Waals surface area contributed by atoms with Gasteiger partial charge in [0, 0.05) is 0 Å². The van der Waals surface area contributed by atoms with Crippen LogP contribution in [0, 0.1) is 0 Å². The van der Waals surface area contributed by atoms with Crippen molar-refractivity contribution in [3.63, 3.8) is 0 Å². The molecule has 0 saturated heterocycles. The molecule has 0 unspecified atom stereocenters. The van der Waals surface area contributed by atoms with E-state index in [1.165, 1.54) is 0 Å². The first-order valence-electron chi connectivity index (χ1n) is 0.730. The van der Waals surface area contributed by atoms with Crippen molar-refractivity contribution in [1.82, 2.24) is 0 Å². The minimum atomic E-state index is -5.39. The maximum atomic E-state index is 8.55. The van der Waals surface area contributed by atoms with Crippen LogP contribution >= 0.6 is 7.82 Å². The number of rotatable bonds is 0. The van der Waals surface area contributed by atoms with E-state index in [9.17, 15) is 0 Å². The topological polar surface area (TPSA) is 86.2 Å². The minimum Gasteiger partial charge on any atom is -0.822 e. The van der Waals surface area contributed by atoms with Gasteiger partial charge in [-0.1, -0.05) is 0 Å². The maximum absolute atomic E-state index is 8.55. The van der Waals surface area contributed by atoms with Crippen molar-refractivity contribution in [2.45, 2.75) is 0 Å². The summed E-state index contributed by atoms with van der Waals surface area (Å²) in [6.07, 6.45) is 0. The molecule has 0 amide bonds. The normalized spacial score (nSPS) is 8.43. The van der Waals surface area contributed by atoms with Crippen LogP contribution in [0.25, 0.3) is 0 Å². The van der Waals surface area contributed by atoms with Crippen LogP contribution < -0.4 is 14.7 Å². The summed E-state index contributed by atoms with van der Waals surface area (Å²) < 4.78 is 8.55. The molecule has 0 aromatic heterocycles. The number of phosphoric acid groups is 1. The van der Waals surface area contributed by atoms with Crippen molar-refractivity contribution in [3.05, 3.63) is 0 Å². The second kappa shape index (κ2) is 5.91. The SMILES string of the molecule is O=P([O-])([O-])[O-].[In+3].[Sn+4]. The van der Waals surface area contributed by atoms with Gasteiger partial charge in [-0.25, -0.2) is 0 Å². The van der Waals surface area contributed by atoms with E-state index in [0.717, 1.165) is 0 Å². The Balaban J connectivity index is -0.0000000800. The molecular weight excluding hydrogens is 328 g/mol. The Bertz CT molecular complexity index is 57.8. The Labute approximate surface area is 76.3 Å². The van der Waals surface area contributed by atoms with Crippen molar-refractivity contribution < 1.29 is 19.2 Å². The summed E-state index contributed by atoms with van der Waals surface area (Å²) in [5, 5.41) is 0. The Morgan fingerprint density at radius 3 is 1.14 bits per heavy atom. The van der Waals surface area contributed by atoms with Gasteiger partial charge in [-0.2, -0.15) is 7.82 Å². The van der Waals surface area contributed by atoms with E-state index in [4.69, 9.17) is 19.2 Å². The number of hydrogen-bond acceptors (Lipinski definition) is 4. The standard InChI is InChI=1S/In.H3O4P.Sn/c;1-5(2,3)4;/h;(H3,1,2,3,4);/q+3;;+4/p-3. The van der Waals surface area contributed by atoms with Crippen molar-refractivity contribution in [1.29, 1.82) is 0 Å². The van der Waals surface area contributed by atoms with Crippen LogP contribution in [0.15, 0.2) is 0 Å². The van der Waals surface area contributed by atoms with E-state index in [0.29, 0.717) is 0 Å². The molecule has 0 aromatic carbocycles. The Hall–Kier alpha value is 1.78. The van der Waals surface area contributed by atoms with E-state index in [2.05, 4.69) is 0 Å². The third-order valence-corrected chi connectivity index (χ3v) is 0. The molecule has 0 heterocycles. The maximum Gasteiger partial charge on any atom is 4.00 e. The Morgan fingerprint density at radius 2 is 1.14 bits per heavy atom. The van der Waals surface area contributed by atoms with E-state index in [-0.39, 0.29) is 49.8 Å². The molecule has 0 aliphatic rings. The Kier molecular flexibility index (Phi) is 13.4. The fraction of sp³-hybridized carbons (Fsp3) is 0. The van der Waals surface area contributed by atoms with Crippen molar-refractivity contribution >= 4 is 57.6 Å². The van der Waals surface area contributed by atoms with Gasteiger partial charge in [0.25, 0.3) is 0 Å². The molecular formula is InO4PSn+4. The molecule has 0 saturated carbocycles. The van der Waals surface area contributed by atoms with Crippen LogP contribution in [0.3, 0.4) is 0 Å². The minimum absolute atomic E-state index is 0. The van der Waals surface area contributed by atoms with Gasteiger partial charge in [-0.15, -0.1) is 0 Å². The quantitative estimate of drug-likeness (QED) is 0.340. The summed E-state index contributed by atoms with van der Waals surface area (Å²) in [6.45, 7) is 0. The van der Waals surface area contributed by atoms with Crippen LogP contribution in [0.2, 0.25) is 0 Å². The monoisotopic (exact) mass is 330 g/mol. The second-order valence-electron chi connectivity index (χ2n) is 0.447. The van der Waals surface area contributed by atoms with Crippen LogP contribution in [0.4, 0.5) is 0 Å². The molecule has 0 bridgehead atoms. The molecule has 0 spiro atoms. The van der Waals surface area contributed by atoms with Gasteiger partial charge in [0.1, 0.15) is 0 Å². The predicted molar refractivity (Wildman–Crippen MR) is 19.1 cm³/mol. The van der Waals surface area contributed by atoms with E-state index >= 15 is 0 Å². The zero-order valence-corrected chi connectivity index (χ0v) is 10.2. The fourth-order valence-electron chi connectivity index (χ4n) is 0. The van der Waals surface area contributed by atoms with Gasteiger partial charge in [0.15, 0.2) is 0 Å². The predicted octanol–water partition coefficient (Wildman–Crippen LogP) is -3.59. The average molecular weight is 328 g/mol. The molecule has 32 valence electrons. The Morgan fingerprint density at radius 1 is 1.14 bits per heavy atom. The van der Waals surface area contributed by atoms with Gasteiger partial charge in [-0.05, 0) is 0 Å². The third kappa shape index (κ3) is 82.1. The van der Waals surface area contributed by atoms with Crippen molar-refractivity contribution in [2.24, 2.45) is 0 Å². The molecule has 7 heteroatoms. The molecule has 0 aromatic rings. The second-order valence-corrected chi connectivity index (χ2v) is 1.34. The molecule has 0 aliphatic carbocycles. The van der Waals surface area contributed by atoms with Gasteiger partial charge >= 0.3 is 49.8 Å². The van der Waals surface area contributed by atoms with Gasteiger partial charge in [0.05, 0.1) is 0 Å². The molecule has 7 heavy (non-hydrogen) atoms. The fourth-order valence-corrected chi connectivity index (χ4v) is 0. The third-order valence-electron chi connectivity index (χ3n) is 0. The zero-order chi connectivity index (χ0) is 4.50. The van der Waals surface area contributed by atoms with E-state index < -0.39 is 7.82 Å². The molecule has 0 N–H and O–H groups in total. The van der Waals surface area contributed by atoms with Crippen LogP contribution in [0.5, 0.6) is 0 Å². The zero-order valence-electron chi connectivity index (χ0n) is 3.16. The van der Waals surface area contributed by atoms with Crippen LogP contribution in [-0.4, -0.2) is 49.8 Å². The van der Waals surface area contributed by atoms with Crippen molar-refractivity contribution in [3.8, 4) is 0 Å². The van der Waals surface area contributed by atoms with Crippen LogP contribution in [0.1, 0.15) is 0 Å². The van der Waals surface area contributed by atoms with Crippen molar-refractivity contribution in [2.75, 3.05) is 0 Å². The van der Waals surface area contributed by atoms with E-state index in [1.807, 2.05) is 0 Å². The molecule has 0 rings (SSSR count). The smallest absolute Gasteiger partial charge is 0.822 e. The molecule has 0 atom stereocenters. The van der Waals surface area contributed by atoms with Gasteiger partial charge < -0.3 is 19.2 Å². The molecule has 4 nitrogen and oxygen atoms in total. The largest absolute Gasteiger partial charge is 4.00 e. The summed E-state index contributed by atoms with van der Waals surface area (Å²) in [4.78, 5) is 25.6. The molecule has 0 aliphatic heterocycles. The molecule has 0 fully saturated rings. The summed E-state index contributed by atoms with van der Waals surface area (Å²) >= 11 is 0. The summed E-state index contributed by atoms with van der Waals surface area (Å²) in [5.41, 5.74) is 0. The average Bonchev–Trinajstić information content (AvgIpc) is 0.722. The summed E-state index contributed by atoms with van der Waals surface area (Å²) in [7, 11) is -5.39. The first-order chi connectivity index (χ1) is 2.00. The van der Waals surface area contributed by atoms with Gasteiger partial charge in [-0.3, -0.25) is 0 Å². The molecule has 0 radical (unpaired) electrons. The first-order valence-corrected chi connectivity index (χ1v) is 2.19.